The lowest BCUT2D eigenvalue weighted by Crippen LogP contribution is -2.40. The highest BCUT2D eigenvalue weighted by atomic mass is 32.2. The monoisotopic (exact) mass is 397 g/mol. The molecular formula is C18H23NO5S2. The third-order valence-electron chi connectivity index (χ3n) is 4.66. The Bertz CT molecular complexity index is 946. The fraction of sp³-hybridized carbons (Fsp3) is 0.444. The summed E-state index contributed by atoms with van der Waals surface area (Å²) in [7, 11) is -7.06. The minimum Gasteiger partial charge on any atom is -0.468 e. The first-order chi connectivity index (χ1) is 12.2. The standard InChI is InChI=1S/C18H23NO5S2/c1-14(2)15-5-7-18(8-6-15)26(22,23)19(12-17-4-3-10-24-17)16-9-11-25(20,21)13-16/h3-8,10,14,16H,9,11-13H2,1-2H3/t16-/m0/s1. The van der Waals surface area contributed by atoms with E-state index in [0.717, 1.165) is 5.56 Å². The Balaban J connectivity index is 1.96. The Morgan fingerprint density at radius 3 is 2.38 bits per heavy atom. The van der Waals surface area contributed by atoms with E-state index >= 15 is 0 Å². The molecule has 1 aliphatic heterocycles. The van der Waals surface area contributed by atoms with Crippen molar-refractivity contribution in [1.82, 2.24) is 4.31 Å². The van der Waals surface area contributed by atoms with Gasteiger partial charge in [-0.05, 0) is 42.2 Å². The molecule has 2 heterocycles. The van der Waals surface area contributed by atoms with Crippen LogP contribution < -0.4 is 0 Å². The zero-order chi connectivity index (χ0) is 18.9. The molecule has 26 heavy (non-hydrogen) atoms. The highest BCUT2D eigenvalue weighted by molar-refractivity contribution is 7.92. The molecule has 3 rings (SSSR count). The maximum Gasteiger partial charge on any atom is 0.243 e. The molecule has 0 aliphatic carbocycles. The van der Waals surface area contributed by atoms with Crippen molar-refractivity contribution in [3.05, 3.63) is 54.0 Å². The van der Waals surface area contributed by atoms with Crippen LogP contribution in [0.5, 0.6) is 0 Å². The van der Waals surface area contributed by atoms with Crippen LogP contribution in [0.1, 0.15) is 37.5 Å². The number of sulfone groups is 1. The third-order valence-corrected chi connectivity index (χ3v) is 8.32. The Hall–Kier alpha value is -1.64. The van der Waals surface area contributed by atoms with E-state index in [1.54, 1.807) is 36.4 Å². The predicted molar refractivity (Wildman–Crippen MR) is 99.0 cm³/mol. The highest BCUT2D eigenvalue weighted by Gasteiger charge is 2.39. The summed E-state index contributed by atoms with van der Waals surface area (Å²) in [5, 5.41) is 0. The molecule has 0 spiro atoms. The molecule has 8 heteroatoms. The van der Waals surface area contributed by atoms with E-state index in [0.29, 0.717) is 18.1 Å². The van der Waals surface area contributed by atoms with Crippen molar-refractivity contribution in [3.8, 4) is 0 Å². The summed E-state index contributed by atoms with van der Waals surface area (Å²) in [6.07, 6.45) is 1.77. The smallest absolute Gasteiger partial charge is 0.243 e. The summed E-state index contributed by atoms with van der Waals surface area (Å²) in [6.45, 7) is 4.09. The highest BCUT2D eigenvalue weighted by Crippen LogP contribution is 2.28. The van der Waals surface area contributed by atoms with E-state index in [-0.39, 0.29) is 22.9 Å². The van der Waals surface area contributed by atoms with Crippen molar-refractivity contribution < 1.29 is 21.3 Å². The zero-order valence-electron chi connectivity index (χ0n) is 14.8. The second-order valence-electron chi connectivity index (χ2n) is 6.91. The molecule has 142 valence electrons. The Kier molecular flexibility index (Phi) is 5.28. The van der Waals surface area contributed by atoms with Crippen LogP contribution in [0.25, 0.3) is 0 Å². The first-order valence-electron chi connectivity index (χ1n) is 8.54. The van der Waals surface area contributed by atoms with Gasteiger partial charge in [-0.15, -0.1) is 0 Å². The van der Waals surface area contributed by atoms with Crippen molar-refractivity contribution in [1.29, 1.82) is 0 Å². The number of hydrogen-bond donors (Lipinski definition) is 0. The number of furan rings is 1. The number of rotatable bonds is 6. The maximum atomic E-state index is 13.2. The summed E-state index contributed by atoms with van der Waals surface area (Å²) >= 11 is 0. The summed E-state index contributed by atoms with van der Waals surface area (Å²) < 4.78 is 56.8. The Labute approximate surface area is 154 Å². The van der Waals surface area contributed by atoms with Crippen LogP contribution in [0.2, 0.25) is 0 Å². The minimum absolute atomic E-state index is 0.00806. The lowest BCUT2D eigenvalue weighted by atomic mass is 10.0. The van der Waals surface area contributed by atoms with Gasteiger partial charge in [0, 0.05) is 6.04 Å². The molecule has 2 aromatic rings. The molecule has 0 radical (unpaired) electrons. The van der Waals surface area contributed by atoms with Gasteiger partial charge in [-0.25, -0.2) is 16.8 Å². The molecule has 1 aromatic carbocycles. The van der Waals surface area contributed by atoms with Crippen LogP contribution in [0, 0.1) is 0 Å². The predicted octanol–water partition coefficient (Wildman–Crippen LogP) is 2.78. The summed E-state index contributed by atoms with van der Waals surface area (Å²) in [4.78, 5) is 0.165. The lowest BCUT2D eigenvalue weighted by Gasteiger charge is -2.26. The summed E-state index contributed by atoms with van der Waals surface area (Å²) in [5.41, 5.74) is 1.05. The molecule has 1 saturated heterocycles. The molecule has 6 nitrogen and oxygen atoms in total. The molecule has 1 aliphatic rings. The van der Waals surface area contributed by atoms with Gasteiger partial charge in [-0.2, -0.15) is 4.31 Å². The average molecular weight is 398 g/mol. The van der Waals surface area contributed by atoms with E-state index in [1.807, 2.05) is 13.8 Å². The van der Waals surface area contributed by atoms with E-state index in [9.17, 15) is 16.8 Å². The van der Waals surface area contributed by atoms with Gasteiger partial charge in [0.25, 0.3) is 0 Å². The Morgan fingerprint density at radius 2 is 1.88 bits per heavy atom. The van der Waals surface area contributed by atoms with Crippen molar-refractivity contribution in [2.45, 2.75) is 43.7 Å². The first-order valence-corrected chi connectivity index (χ1v) is 11.8. The fourth-order valence-electron chi connectivity index (χ4n) is 3.13. The molecule has 1 fully saturated rings. The lowest BCUT2D eigenvalue weighted by molar-refractivity contribution is 0.307. The van der Waals surface area contributed by atoms with Gasteiger partial charge in [-0.3, -0.25) is 0 Å². The van der Waals surface area contributed by atoms with Crippen LogP contribution >= 0.6 is 0 Å². The van der Waals surface area contributed by atoms with E-state index in [1.165, 1.54) is 10.6 Å². The largest absolute Gasteiger partial charge is 0.468 e. The second kappa shape index (κ2) is 7.17. The van der Waals surface area contributed by atoms with Gasteiger partial charge in [0.1, 0.15) is 5.76 Å². The Morgan fingerprint density at radius 1 is 1.19 bits per heavy atom. The molecule has 1 atom stereocenters. The van der Waals surface area contributed by atoms with E-state index in [2.05, 4.69) is 0 Å². The molecule has 0 bridgehead atoms. The van der Waals surface area contributed by atoms with E-state index in [4.69, 9.17) is 4.42 Å². The van der Waals surface area contributed by atoms with Crippen molar-refractivity contribution in [2.75, 3.05) is 11.5 Å². The topological polar surface area (TPSA) is 84.7 Å². The third kappa shape index (κ3) is 4.02. The average Bonchev–Trinajstić information content (AvgIpc) is 3.21. The van der Waals surface area contributed by atoms with Gasteiger partial charge in [0.15, 0.2) is 9.84 Å². The normalized spacial score (nSPS) is 20.1. The quantitative estimate of drug-likeness (QED) is 0.748. The number of hydrogen-bond acceptors (Lipinski definition) is 5. The van der Waals surface area contributed by atoms with Crippen LogP contribution in [-0.2, 0) is 26.4 Å². The zero-order valence-corrected chi connectivity index (χ0v) is 16.5. The van der Waals surface area contributed by atoms with Gasteiger partial charge >= 0.3 is 0 Å². The molecular weight excluding hydrogens is 374 g/mol. The van der Waals surface area contributed by atoms with Crippen molar-refractivity contribution in [3.63, 3.8) is 0 Å². The first kappa shape index (κ1) is 19.1. The molecule has 1 aromatic heterocycles. The van der Waals surface area contributed by atoms with Gasteiger partial charge < -0.3 is 4.42 Å². The molecule has 0 amide bonds. The fourth-order valence-corrected chi connectivity index (χ4v) is 6.57. The van der Waals surface area contributed by atoms with Crippen LogP contribution in [0.3, 0.4) is 0 Å². The van der Waals surface area contributed by atoms with Gasteiger partial charge in [-0.1, -0.05) is 26.0 Å². The SMILES string of the molecule is CC(C)c1ccc(S(=O)(=O)N(Cc2ccco2)[C@H]2CCS(=O)(=O)C2)cc1. The van der Waals surface area contributed by atoms with Crippen LogP contribution in [-0.4, -0.2) is 38.7 Å². The van der Waals surface area contributed by atoms with Crippen LogP contribution in [0.15, 0.2) is 52.0 Å². The minimum atomic E-state index is -3.84. The van der Waals surface area contributed by atoms with Crippen molar-refractivity contribution in [2.24, 2.45) is 0 Å². The second-order valence-corrected chi connectivity index (χ2v) is 11.0. The van der Waals surface area contributed by atoms with Crippen LogP contribution in [0.4, 0.5) is 0 Å². The maximum absolute atomic E-state index is 13.2. The molecule has 0 N–H and O–H groups in total. The summed E-state index contributed by atoms with van der Waals surface area (Å²) in [5.74, 6) is 0.633. The summed E-state index contributed by atoms with van der Waals surface area (Å²) in [6, 6.07) is 9.56. The number of nitrogens with zero attached hydrogens (tertiary/aromatic N) is 1. The van der Waals surface area contributed by atoms with Crippen molar-refractivity contribution >= 4 is 19.9 Å². The van der Waals surface area contributed by atoms with E-state index < -0.39 is 25.9 Å². The molecule has 0 saturated carbocycles. The number of benzene rings is 1. The van der Waals surface area contributed by atoms with Gasteiger partial charge in [0.05, 0.1) is 29.2 Å². The number of sulfonamides is 1. The molecule has 0 unspecified atom stereocenters. The van der Waals surface area contributed by atoms with Gasteiger partial charge in [0.2, 0.25) is 10.0 Å².